The Balaban J connectivity index is 1.49. The zero-order valence-electron chi connectivity index (χ0n) is 17.3. The molecule has 2 aromatic rings. The number of rotatable bonds is 6. The number of halogens is 1. The molecule has 2 aliphatic rings. The molecule has 2 unspecified atom stereocenters. The molecule has 8 heteroatoms. The lowest BCUT2D eigenvalue weighted by Gasteiger charge is -2.29. The Kier molecular flexibility index (Phi) is 6.17. The minimum Gasteiger partial charge on any atom is -0.379 e. The summed E-state index contributed by atoms with van der Waals surface area (Å²) in [7, 11) is 0. The van der Waals surface area contributed by atoms with E-state index >= 15 is 0 Å². The van der Waals surface area contributed by atoms with Crippen LogP contribution in [0.4, 0.5) is 4.39 Å². The van der Waals surface area contributed by atoms with Gasteiger partial charge in [-0.05, 0) is 54.9 Å². The lowest BCUT2D eigenvalue weighted by Crippen LogP contribution is -2.42. The molecular weight excluding hydrogens is 387 g/mol. The van der Waals surface area contributed by atoms with Gasteiger partial charge in [-0.3, -0.25) is 19.6 Å². The van der Waals surface area contributed by atoms with Crippen molar-refractivity contribution in [3.8, 4) is 0 Å². The van der Waals surface area contributed by atoms with Crippen molar-refractivity contribution in [2.24, 2.45) is 0 Å². The number of carbonyl (C=O) groups is 1. The number of aromatic nitrogens is 2. The van der Waals surface area contributed by atoms with Gasteiger partial charge in [0.2, 0.25) is 0 Å². The summed E-state index contributed by atoms with van der Waals surface area (Å²) < 4.78 is 21.5. The molecule has 2 N–H and O–H groups in total. The summed E-state index contributed by atoms with van der Waals surface area (Å²) >= 11 is 0. The number of benzene rings is 1. The Bertz CT molecular complexity index is 896. The van der Waals surface area contributed by atoms with Crippen molar-refractivity contribution < 1.29 is 19.1 Å². The first-order valence-corrected chi connectivity index (χ1v) is 10.6. The predicted octanol–water partition coefficient (Wildman–Crippen LogP) is 2.37. The normalized spacial score (nSPS) is 24.8. The SMILES string of the molecule is Cc1c(F)cccc1C1(C(=O)NO)CCC(c2cnn(CCN3CCOCC3)c2)C1. The standard InChI is InChI=1S/C22H29FN4O3/c1-16-19(3-2-4-20(16)23)22(21(28)25-29)6-5-17(13-22)18-14-24-27(15-18)8-7-26-9-11-30-12-10-26/h2-4,14-15,17,29H,5-13H2,1H3,(H,25,28). The van der Waals surface area contributed by atoms with E-state index < -0.39 is 11.3 Å². The molecular formula is C22H29FN4O3. The molecule has 0 radical (unpaired) electrons. The highest BCUT2D eigenvalue weighted by Gasteiger charge is 2.48. The number of hydrogen-bond acceptors (Lipinski definition) is 5. The molecule has 1 aromatic heterocycles. The van der Waals surface area contributed by atoms with Crippen molar-refractivity contribution >= 4 is 5.91 Å². The Morgan fingerprint density at radius 1 is 1.37 bits per heavy atom. The van der Waals surface area contributed by atoms with E-state index in [0.717, 1.165) is 51.4 Å². The van der Waals surface area contributed by atoms with Crippen molar-refractivity contribution in [3.05, 3.63) is 53.1 Å². The van der Waals surface area contributed by atoms with Crippen LogP contribution >= 0.6 is 0 Å². The smallest absolute Gasteiger partial charge is 0.254 e. The minimum absolute atomic E-state index is 0.127. The molecule has 4 rings (SSSR count). The summed E-state index contributed by atoms with van der Waals surface area (Å²) in [6.45, 7) is 6.87. The number of nitrogens with zero attached hydrogens (tertiary/aromatic N) is 3. The van der Waals surface area contributed by atoms with Crippen LogP contribution in [0.15, 0.2) is 30.6 Å². The van der Waals surface area contributed by atoms with Crippen molar-refractivity contribution in [2.75, 3.05) is 32.8 Å². The van der Waals surface area contributed by atoms with Gasteiger partial charge in [-0.25, -0.2) is 9.87 Å². The van der Waals surface area contributed by atoms with Crippen LogP contribution in [0.25, 0.3) is 0 Å². The first-order valence-electron chi connectivity index (χ1n) is 10.6. The summed E-state index contributed by atoms with van der Waals surface area (Å²) in [4.78, 5) is 15.1. The van der Waals surface area contributed by atoms with E-state index in [1.165, 1.54) is 6.07 Å². The molecule has 1 saturated carbocycles. The molecule has 30 heavy (non-hydrogen) atoms. The number of amides is 1. The highest BCUT2D eigenvalue weighted by molar-refractivity contribution is 5.88. The van der Waals surface area contributed by atoms with Crippen LogP contribution in [0, 0.1) is 12.7 Å². The first kappa shape index (κ1) is 21.0. The maximum absolute atomic E-state index is 14.2. The van der Waals surface area contributed by atoms with Crippen LogP contribution in [0.5, 0.6) is 0 Å². The lowest BCUT2D eigenvalue weighted by atomic mass is 9.75. The van der Waals surface area contributed by atoms with Crippen molar-refractivity contribution in [1.29, 1.82) is 0 Å². The Morgan fingerprint density at radius 2 is 2.17 bits per heavy atom. The van der Waals surface area contributed by atoms with Crippen LogP contribution in [-0.2, 0) is 21.5 Å². The van der Waals surface area contributed by atoms with Crippen molar-refractivity contribution in [3.63, 3.8) is 0 Å². The molecule has 0 bridgehead atoms. The van der Waals surface area contributed by atoms with E-state index in [0.29, 0.717) is 24.0 Å². The Hall–Kier alpha value is -2.29. The zero-order chi connectivity index (χ0) is 21.1. The van der Waals surface area contributed by atoms with Gasteiger partial charge < -0.3 is 4.74 Å². The molecule has 1 amide bonds. The largest absolute Gasteiger partial charge is 0.379 e. The van der Waals surface area contributed by atoms with Gasteiger partial charge >= 0.3 is 0 Å². The average molecular weight is 416 g/mol. The van der Waals surface area contributed by atoms with E-state index in [9.17, 15) is 14.4 Å². The average Bonchev–Trinajstić information content (AvgIpc) is 3.42. The van der Waals surface area contributed by atoms with Gasteiger partial charge in [-0.15, -0.1) is 0 Å². The number of carbonyl (C=O) groups excluding carboxylic acids is 1. The second-order valence-electron chi connectivity index (χ2n) is 8.37. The van der Waals surface area contributed by atoms with Gasteiger partial charge in [0, 0.05) is 25.8 Å². The van der Waals surface area contributed by atoms with Gasteiger partial charge in [0.1, 0.15) is 5.82 Å². The number of nitrogens with one attached hydrogen (secondary N) is 1. The van der Waals surface area contributed by atoms with E-state index in [2.05, 4.69) is 16.2 Å². The third-order valence-corrected chi connectivity index (χ3v) is 6.71. The Morgan fingerprint density at radius 3 is 2.93 bits per heavy atom. The second kappa shape index (κ2) is 8.83. The minimum atomic E-state index is -0.943. The third kappa shape index (κ3) is 3.99. The van der Waals surface area contributed by atoms with Gasteiger partial charge in [-0.1, -0.05) is 12.1 Å². The van der Waals surface area contributed by atoms with Crippen LogP contribution < -0.4 is 5.48 Å². The number of hydrogen-bond donors (Lipinski definition) is 2. The second-order valence-corrected chi connectivity index (χ2v) is 8.37. The van der Waals surface area contributed by atoms with Crippen LogP contribution in [-0.4, -0.2) is 58.6 Å². The maximum Gasteiger partial charge on any atom is 0.254 e. The first-order chi connectivity index (χ1) is 14.5. The molecule has 1 saturated heterocycles. The fourth-order valence-corrected chi connectivity index (χ4v) is 4.92. The fraction of sp³-hybridized carbons (Fsp3) is 0.545. The molecule has 2 fully saturated rings. The predicted molar refractivity (Wildman–Crippen MR) is 109 cm³/mol. The molecule has 1 aliphatic heterocycles. The zero-order valence-corrected chi connectivity index (χ0v) is 17.3. The van der Waals surface area contributed by atoms with Gasteiger partial charge in [0.05, 0.1) is 31.4 Å². The van der Waals surface area contributed by atoms with Crippen LogP contribution in [0.2, 0.25) is 0 Å². The summed E-state index contributed by atoms with van der Waals surface area (Å²) in [6.07, 6.45) is 5.76. The van der Waals surface area contributed by atoms with Crippen molar-refractivity contribution in [1.82, 2.24) is 20.2 Å². The topological polar surface area (TPSA) is 79.6 Å². The molecule has 0 spiro atoms. The molecule has 162 valence electrons. The van der Waals surface area contributed by atoms with Crippen LogP contribution in [0.1, 0.15) is 41.9 Å². The number of morpholine rings is 1. The third-order valence-electron chi connectivity index (χ3n) is 6.71. The number of hydroxylamine groups is 1. The highest BCUT2D eigenvalue weighted by Crippen LogP contribution is 2.49. The summed E-state index contributed by atoms with van der Waals surface area (Å²) in [5.41, 5.74) is 3.08. The Labute approximate surface area is 175 Å². The fourth-order valence-electron chi connectivity index (χ4n) is 4.92. The van der Waals surface area contributed by atoms with E-state index in [4.69, 9.17) is 4.74 Å². The molecule has 2 atom stereocenters. The van der Waals surface area contributed by atoms with Gasteiger partial charge in [0.15, 0.2) is 0 Å². The summed E-state index contributed by atoms with van der Waals surface area (Å²) in [6, 6.07) is 4.82. The van der Waals surface area contributed by atoms with Crippen molar-refractivity contribution in [2.45, 2.75) is 44.1 Å². The summed E-state index contributed by atoms with van der Waals surface area (Å²) in [5, 5.41) is 13.9. The molecule has 7 nitrogen and oxygen atoms in total. The number of ether oxygens (including phenoxy) is 1. The highest BCUT2D eigenvalue weighted by atomic mass is 19.1. The maximum atomic E-state index is 14.2. The summed E-state index contributed by atoms with van der Waals surface area (Å²) in [5.74, 6) is -0.683. The molecule has 1 aromatic carbocycles. The van der Waals surface area contributed by atoms with Gasteiger partial charge in [0.25, 0.3) is 5.91 Å². The quantitative estimate of drug-likeness (QED) is 0.558. The molecule has 1 aliphatic carbocycles. The van der Waals surface area contributed by atoms with Gasteiger partial charge in [-0.2, -0.15) is 5.10 Å². The monoisotopic (exact) mass is 416 g/mol. The van der Waals surface area contributed by atoms with E-state index in [1.807, 2.05) is 16.4 Å². The van der Waals surface area contributed by atoms with Crippen LogP contribution in [0.3, 0.4) is 0 Å². The van der Waals surface area contributed by atoms with E-state index in [-0.39, 0.29) is 11.7 Å². The lowest BCUT2D eigenvalue weighted by molar-refractivity contribution is -0.135. The molecule has 2 heterocycles. The van der Waals surface area contributed by atoms with E-state index in [1.54, 1.807) is 19.1 Å².